The number of aliphatic hydroxyl groups excluding tert-OH is 1. The van der Waals surface area contributed by atoms with E-state index in [2.05, 4.69) is 10.6 Å². The van der Waals surface area contributed by atoms with E-state index < -0.39 is 6.03 Å². The number of carbonyl (C=O) groups is 3. The molecular formula is C17H21N3O6. The minimum atomic E-state index is -0.476. The van der Waals surface area contributed by atoms with E-state index in [1.54, 1.807) is 24.3 Å². The fourth-order valence-corrected chi connectivity index (χ4v) is 2.95. The third-order valence-electron chi connectivity index (χ3n) is 4.27. The van der Waals surface area contributed by atoms with Crippen molar-refractivity contribution in [3.8, 4) is 0 Å². The SMILES string of the molecule is O=C1CN(c2ccc(C(=O)N[C@@H]3COCC[C@@H]3OCCO)cc2)C(=O)N1. The summed E-state index contributed by atoms with van der Waals surface area (Å²) in [6, 6.07) is 5.64. The summed E-state index contributed by atoms with van der Waals surface area (Å²) in [5, 5.41) is 14.0. The Labute approximate surface area is 150 Å². The van der Waals surface area contributed by atoms with Gasteiger partial charge in [-0.25, -0.2) is 4.79 Å². The number of urea groups is 1. The van der Waals surface area contributed by atoms with Crippen LogP contribution in [0.15, 0.2) is 24.3 Å². The number of ether oxygens (including phenoxy) is 2. The number of amides is 4. The highest BCUT2D eigenvalue weighted by Crippen LogP contribution is 2.18. The molecule has 4 amide bonds. The zero-order chi connectivity index (χ0) is 18.5. The second-order valence-corrected chi connectivity index (χ2v) is 6.06. The number of nitrogens with one attached hydrogen (secondary N) is 2. The van der Waals surface area contributed by atoms with E-state index in [4.69, 9.17) is 14.6 Å². The number of nitrogens with zero attached hydrogens (tertiary/aromatic N) is 1. The van der Waals surface area contributed by atoms with Crippen molar-refractivity contribution in [3.63, 3.8) is 0 Å². The van der Waals surface area contributed by atoms with Gasteiger partial charge in [0.25, 0.3) is 5.91 Å². The van der Waals surface area contributed by atoms with Crippen LogP contribution in [0.5, 0.6) is 0 Å². The molecule has 1 aromatic rings. The molecule has 0 bridgehead atoms. The molecule has 9 heteroatoms. The van der Waals surface area contributed by atoms with E-state index in [1.165, 1.54) is 4.90 Å². The molecule has 140 valence electrons. The molecule has 9 nitrogen and oxygen atoms in total. The van der Waals surface area contributed by atoms with Crippen molar-refractivity contribution < 1.29 is 29.0 Å². The maximum atomic E-state index is 12.5. The van der Waals surface area contributed by atoms with Crippen molar-refractivity contribution in [2.45, 2.75) is 18.6 Å². The lowest BCUT2D eigenvalue weighted by molar-refractivity contribution is -0.117. The Hall–Kier alpha value is -2.49. The molecule has 2 atom stereocenters. The summed E-state index contributed by atoms with van der Waals surface area (Å²) in [7, 11) is 0. The average Bonchev–Trinajstić information content (AvgIpc) is 2.99. The predicted octanol–water partition coefficient (Wildman–Crippen LogP) is -0.361. The van der Waals surface area contributed by atoms with E-state index in [1.807, 2.05) is 0 Å². The van der Waals surface area contributed by atoms with Gasteiger partial charge in [-0.15, -0.1) is 0 Å². The molecule has 26 heavy (non-hydrogen) atoms. The summed E-state index contributed by atoms with van der Waals surface area (Å²) in [5.74, 6) is -0.644. The van der Waals surface area contributed by atoms with Gasteiger partial charge in [0.2, 0.25) is 5.91 Å². The van der Waals surface area contributed by atoms with Gasteiger partial charge in [0.1, 0.15) is 6.54 Å². The van der Waals surface area contributed by atoms with Crippen LogP contribution in [0.2, 0.25) is 0 Å². The predicted molar refractivity (Wildman–Crippen MR) is 90.8 cm³/mol. The van der Waals surface area contributed by atoms with Gasteiger partial charge >= 0.3 is 6.03 Å². The zero-order valence-electron chi connectivity index (χ0n) is 14.1. The minimum absolute atomic E-state index is 0.0341. The maximum absolute atomic E-state index is 12.5. The van der Waals surface area contributed by atoms with Gasteiger partial charge < -0.3 is 19.9 Å². The lowest BCUT2D eigenvalue weighted by atomic mass is 10.1. The summed E-state index contributed by atoms with van der Waals surface area (Å²) in [6.07, 6.45) is 0.431. The number of carbonyl (C=O) groups excluding carboxylic acids is 3. The number of imide groups is 1. The summed E-state index contributed by atoms with van der Waals surface area (Å²) in [5.41, 5.74) is 0.959. The average molecular weight is 363 g/mol. The Morgan fingerprint density at radius 1 is 1.35 bits per heavy atom. The van der Waals surface area contributed by atoms with Crippen LogP contribution in [0.4, 0.5) is 10.5 Å². The zero-order valence-corrected chi connectivity index (χ0v) is 14.1. The highest BCUT2D eigenvalue weighted by molar-refractivity contribution is 6.12. The minimum Gasteiger partial charge on any atom is -0.394 e. The van der Waals surface area contributed by atoms with Crippen LogP contribution in [-0.2, 0) is 14.3 Å². The normalized spacial score (nSPS) is 23.0. The molecule has 3 N–H and O–H groups in total. The van der Waals surface area contributed by atoms with Gasteiger partial charge in [-0.3, -0.25) is 19.8 Å². The van der Waals surface area contributed by atoms with E-state index in [0.29, 0.717) is 30.9 Å². The lowest BCUT2D eigenvalue weighted by Gasteiger charge is -2.32. The first-order valence-corrected chi connectivity index (χ1v) is 8.41. The monoisotopic (exact) mass is 363 g/mol. The lowest BCUT2D eigenvalue weighted by Crippen LogP contribution is -2.50. The van der Waals surface area contributed by atoms with Crippen molar-refractivity contribution in [1.82, 2.24) is 10.6 Å². The topological polar surface area (TPSA) is 117 Å². The fraction of sp³-hybridized carbons (Fsp3) is 0.471. The summed E-state index contributed by atoms with van der Waals surface area (Å²) >= 11 is 0. The Kier molecular flexibility index (Phi) is 5.82. The molecule has 0 radical (unpaired) electrons. The number of aliphatic hydroxyl groups is 1. The third-order valence-corrected chi connectivity index (χ3v) is 4.27. The van der Waals surface area contributed by atoms with Crippen LogP contribution >= 0.6 is 0 Å². The highest BCUT2D eigenvalue weighted by atomic mass is 16.5. The molecule has 2 fully saturated rings. The smallest absolute Gasteiger partial charge is 0.329 e. The third kappa shape index (κ3) is 4.18. The molecule has 0 aromatic heterocycles. The molecule has 0 unspecified atom stereocenters. The molecular weight excluding hydrogens is 342 g/mol. The van der Waals surface area contributed by atoms with E-state index in [9.17, 15) is 14.4 Å². The first kappa shape index (κ1) is 18.3. The van der Waals surface area contributed by atoms with Crippen molar-refractivity contribution in [3.05, 3.63) is 29.8 Å². The van der Waals surface area contributed by atoms with Gasteiger partial charge in [-0.1, -0.05) is 0 Å². The fourth-order valence-electron chi connectivity index (χ4n) is 2.95. The van der Waals surface area contributed by atoms with Gasteiger partial charge in [-0.05, 0) is 30.7 Å². The second kappa shape index (κ2) is 8.26. The van der Waals surface area contributed by atoms with Gasteiger partial charge in [0.05, 0.1) is 32.0 Å². The Bertz CT molecular complexity index is 678. The van der Waals surface area contributed by atoms with Gasteiger partial charge in [0.15, 0.2) is 0 Å². The standard InChI is InChI=1S/C17H21N3O6/c21-6-8-26-14-5-7-25-10-13(14)18-16(23)11-1-3-12(4-2-11)20-9-15(22)19-17(20)24/h1-4,13-14,21H,5-10H2,(H,18,23)(H,19,22,24)/t13-,14+/m1/s1. The summed E-state index contributed by atoms with van der Waals surface area (Å²) in [4.78, 5) is 36.7. The van der Waals surface area contributed by atoms with Crippen LogP contribution < -0.4 is 15.5 Å². The molecule has 3 rings (SSSR count). The number of rotatable bonds is 6. The van der Waals surface area contributed by atoms with Crippen molar-refractivity contribution in [2.75, 3.05) is 37.9 Å². The Morgan fingerprint density at radius 3 is 2.77 bits per heavy atom. The van der Waals surface area contributed by atoms with Crippen LogP contribution in [0.25, 0.3) is 0 Å². The Balaban J connectivity index is 1.62. The van der Waals surface area contributed by atoms with E-state index in [0.717, 1.165) is 0 Å². The van der Waals surface area contributed by atoms with Crippen molar-refractivity contribution >= 4 is 23.5 Å². The summed E-state index contributed by atoms with van der Waals surface area (Å²) in [6.45, 7) is 0.992. The number of hydrogen-bond acceptors (Lipinski definition) is 6. The first-order chi connectivity index (χ1) is 12.6. The molecule has 1 aromatic carbocycles. The molecule has 2 saturated heterocycles. The largest absolute Gasteiger partial charge is 0.394 e. The van der Waals surface area contributed by atoms with E-state index >= 15 is 0 Å². The quantitative estimate of drug-likeness (QED) is 0.594. The number of benzene rings is 1. The highest BCUT2D eigenvalue weighted by Gasteiger charge is 2.29. The van der Waals surface area contributed by atoms with Crippen molar-refractivity contribution in [2.24, 2.45) is 0 Å². The Morgan fingerprint density at radius 2 is 2.12 bits per heavy atom. The summed E-state index contributed by atoms with van der Waals surface area (Å²) < 4.78 is 11.0. The van der Waals surface area contributed by atoms with Crippen LogP contribution in [-0.4, -0.2) is 68.1 Å². The molecule has 2 heterocycles. The van der Waals surface area contributed by atoms with Crippen molar-refractivity contribution in [1.29, 1.82) is 0 Å². The van der Waals surface area contributed by atoms with Gasteiger partial charge in [0, 0.05) is 17.9 Å². The molecule has 2 aliphatic heterocycles. The molecule has 0 spiro atoms. The first-order valence-electron chi connectivity index (χ1n) is 8.41. The molecule has 0 saturated carbocycles. The van der Waals surface area contributed by atoms with Crippen LogP contribution in [0.1, 0.15) is 16.8 Å². The van der Waals surface area contributed by atoms with Crippen LogP contribution in [0, 0.1) is 0 Å². The van der Waals surface area contributed by atoms with Gasteiger partial charge in [-0.2, -0.15) is 0 Å². The molecule has 0 aliphatic carbocycles. The number of hydrogen-bond donors (Lipinski definition) is 3. The maximum Gasteiger partial charge on any atom is 0.329 e. The number of anilines is 1. The second-order valence-electron chi connectivity index (χ2n) is 6.06. The van der Waals surface area contributed by atoms with Crippen LogP contribution in [0.3, 0.4) is 0 Å². The molecule has 2 aliphatic rings. The van der Waals surface area contributed by atoms with E-state index in [-0.39, 0.29) is 43.7 Å².